The highest BCUT2D eigenvalue weighted by atomic mass is 19.1. The maximum Gasteiger partial charge on any atom is 0.134 e. The van der Waals surface area contributed by atoms with E-state index in [1.165, 1.54) is 44.1 Å². The number of allylic oxidation sites excluding steroid dienone is 1. The van der Waals surface area contributed by atoms with Crippen LogP contribution in [0.15, 0.2) is 67.3 Å². The van der Waals surface area contributed by atoms with E-state index in [2.05, 4.69) is 55.7 Å². The number of benzene rings is 3. The predicted molar refractivity (Wildman–Crippen MR) is 144 cm³/mol. The second kappa shape index (κ2) is 12.0. The molecule has 4 rings (SSSR count). The van der Waals surface area contributed by atoms with Crippen LogP contribution in [0, 0.1) is 23.6 Å². The molecule has 0 saturated heterocycles. The molecular weight excluding hydrogens is 415 g/mol. The van der Waals surface area contributed by atoms with E-state index in [1.54, 1.807) is 0 Å². The Balaban J connectivity index is 1.44. The maximum atomic E-state index is 15.4. The summed E-state index contributed by atoms with van der Waals surface area (Å²) >= 11 is 0. The molecule has 0 nitrogen and oxygen atoms in total. The van der Waals surface area contributed by atoms with Crippen LogP contribution in [-0.2, 0) is 6.42 Å². The number of hydrogen-bond acceptors (Lipinski definition) is 0. The molecule has 1 fully saturated rings. The molecule has 3 aromatic rings. The van der Waals surface area contributed by atoms with E-state index in [0.717, 1.165) is 53.7 Å². The summed E-state index contributed by atoms with van der Waals surface area (Å²) in [5, 5.41) is 1.65. The third-order valence-electron chi connectivity index (χ3n) is 7.42. The first-order chi connectivity index (χ1) is 16.7. The Bertz CT molecular complexity index is 1150. The van der Waals surface area contributed by atoms with Crippen LogP contribution in [0.3, 0.4) is 0 Å². The Morgan fingerprint density at radius 1 is 0.912 bits per heavy atom. The van der Waals surface area contributed by atoms with Crippen LogP contribution in [0.4, 0.5) is 4.39 Å². The van der Waals surface area contributed by atoms with Crippen molar-refractivity contribution in [3.63, 3.8) is 0 Å². The number of fused-ring (bicyclic) bond motifs is 1. The minimum Gasteiger partial charge on any atom is -0.206 e. The van der Waals surface area contributed by atoms with Crippen LogP contribution >= 0.6 is 0 Å². The van der Waals surface area contributed by atoms with Gasteiger partial charge in [-0.05, 0) is 104 Å². The summed E-state index contributed by atoms with van der Waals surface area (Å²) in [6.07, 6.45) is 13.8. The minimum absolute atomic E-state index is 0.0368. The number of aryl methyl sites for hydroxylation is 1. The average Bonchev–Trinajstić information content (AvgIpc) is 2.88. The fraction of sp³-hybridized carbons (Fsp3) is 0.394. The molecule has 0 heterocycles. The lowest BCUT2D eigenvalue weighted by atomic mass is 9.76. The van der Waals surface area contributed by atoms with Crippen molar-refractivity contribution in [1.29, 1.82) is 0 Å². The van der Waals surface area contributed by atoms with Crippen molar-refractivity contribution >= 4 is 10.8 Å². The summed E-state index contributed by atoms with van der Waals surface area (Å²) in [6, 6.07) is 18.5. The fourth-order valence-corrected chi connectivity index (χ4v) is 5.30. The first kappa shape index (κ1) is 24.3. The van der Waals surface area contributed by atoms with Crippen molar-refractivity contribution < 1.29 is 4.39 Å². The van der Waals surface area contributed by atoms with Crippen molar-refractivity contribution in [2.75, 3.05) is 0 Å². The van der Waals surface area contributed by atoms with Gasteiger partial charge in [-0.25, -0.2) is 4.39 Å². The van der Waals surface area contributed by atoms with Crippen molar-refractivity contribution in [1.82, 2.24) is 0 Å². The molecule has 1 heteroatoms. The summed E-state index contributed by atoms with van der Waals surface area (Å²) in [4.78, 5) is 0. The van der Waals surface area contributed by atoms with Gasteiger partial charge in [0.25, 0.3) is 0 Å². The molecular formula is C33H37F. The fourth-order valence-electron chi connectivity index (χ4n) is 5.30. The molecule has 1 saturated carbocycles. The van der Waals surface area contributed by atoms with Gasteiger partial charge in [-0.3, -0.25) is 0 Å². The third kappa shape index (κ3) is 6.18. The van der Waals surface area contributed by atoms with Crippen LogP contribution in [0.2, 0.25) is 0 Å². The standard InChI is InChI=1S/C33H37F/c1-3-5-7-9-26-10-12-27(13-11-26)14-15-28-18-22-32-30(24-28)21-23-31(33(32)34)29-19-16-25(17-20-29)8-6-4-2/h4,10-13,18,21-25,29H,2-3,5-9,16-17,19-20H2,1H3. The van der Waals surface area contributed by atoms with Gasteiger partial charge in [0.15, 0.2) is 0 Å². The van der Waals surface area contributed by atoms with Crippen LogP contribution in [-0.4, -0.2) is 0 Å². The molecule has 0 radical (unpaired) electrons. The summed E-state index contributed by atoms with van der Waals surface area (Å²) < 4.78 is 15.4. The van der Waals surface area contributed by atoms with Gasteiger partial charge in [0.05, 0.1) is 0 Å². The number of rotatable bonds is 8. The Kier molecular flexibility index (Phi) is 8.59. The zero-order chi connectivity index (χ0) is 23.8. The van der Waals surface area contributed by atoms with Gasteiger partial charge < -0.3 is 0 Å². The number of halogens is 1. The Labute approximate surface area is 205 Å². The Morgan fingerprint density at radius 2 is 1.65 bits per heavy atom. The topological polar surface area (TPSA) is 0 Å². The first-order valence-corrected chi connectivity index (χ1v) is 13.1. The van der Waals surface area contributed by atoms with E-state index in [9.17, 15) is 0 Å². The van der Waals surface area contributed by atoms with E-state index in [-0.39, 0.29) is 5.82 Å². The molecule has 1 aliphatic carbocycles. The molecule has 0 unspecified atom stereocenters. The van der Waals surface area contributed by atoms with Crippen LogP contribution in [0.25, 0.3) is 10.8 Å². The lowest BCUT2D eigenvalue weighted by Crippen LogP contribution is -2.14. The van der Waals surface area contributed by atoms with Gasteiger partial charge in [0.2, 0.25) is 0 Å². The zero-order valence-corrected chi connectivity index (χ0v) is 20.6. The zero-order valence-electron chi connectivity index (χ0n) is 20.6. The molecule has 34 heavy (non-hydrogen) atoms. The highest BCUT2D eigenvalue weighted by Gasteiger charge is 2.24. The van der Waals surface area contributed by atoms with E-state index >= 15 is 4.39 Å². The lowest BCUT2D eigenvalue weighted by Gasteiger charge is -2.29. The largest absolute Gasteiger partial charge is 0.206 e. The second-order valence-corrected chi connectivity index (χ2v) is 9.89. The predicted octanol–water partition coefficient (Wildman–Crippen LogP) is 9.35. The second-order valence-electron chi connectivity index (χ2n) is 9.89. The van der Waals surface area contributed by atoms with Gasteiger partial charge in [0, 0.05) is 16.5 Å². The maximum absolute atomic E-state index is 15.4. The van der Waals surface area contributed by atoms with Crippen molar-refractivity contribution in [3.05, 3.63) is 95.3 Å². The van der Waals surface area contributed by atoms with Crippen molar-refractivity contribution in [3.8, 4) is 11.8 Å². The molecule has 0 spiro atoms. The van der Waals surface area contributed by atoms with Gasteiger partial charge >= 0.3 is 0 Å². The van der Waals surface area contributed by atoms with E-state index in [0.29, 0.717) is 11.3 Å². The van der Waals surface area contributed by atoms with Gasteiger partial charge in [-0.2, -0.15) is 0 Å². The molecule has 176 valence electrons. The molecule has 0 bridgehead atoms. The van der Waals surface area contributed by atoms with Crippen molar-refractivity contribution in [2.45, 2.75) is 77.0 Å². The summed E-state index contributed by atoms with van der Waals surface area (Å²) in [5.74, 6) is 7.61. The van der Waals surface area contributed by atoms with Crippen molar-refractivity contribution in [2.24, 2.45) is 5.92 Å². The quantitative estimate of drug-likeness (QED) is 0.181. The minimum atomic E-state index is -0.0368. The summed E-state index contributed by atoms with van der Waals surface area (Å²) in [7, 11) is 0. The highest BCUT2D eigenvalue weighted by molar-refractivity contribution is 5.85. The molecule has 3 aromatic carbocycles. The molecule has 0 N–H and O–H groups in total. The Hall–Kier alpha value is -2.85. The summed E-state index contributed by atoms with van der Waals surface area (Å²) in [6.45, 7) is 6.07. The first-order valence-electron chi connectivity index (χ1n) is 13.1. The summed E-state index contributed by atoms with van der Waals surface area (Å²) in [5.41, 5.74) is 4.22. The number of hydrogen-bond donors (Lipinski definition) is 0. The van der Waals surface area contributed by atoms with E-state index in [1.807, 2.05) is 30.3 Å². The van der Waals surface area contributed by atoms with Crippen LogP contribution in [0.1, 0.15) is 92.9 Å². The molecule has 0 atom stereocenters. The normalized spacial score (nSPS) is 17.8. The van der Waals surface area contributed by atoms with E-state index in [4.69, 9.17) is 0 Å². The van der Waals surface area contributed by atoms with Gasteiger partial charge in [0.1, 0.15) is 5.82 Å². The molecule has 0 amide bonds. The lowest BCUT2D eigenvalue weighted by molar-refractivity contribution is 0.308. The molecule has 1 aliphatic rings. The van der Waals surface area contributed by atoms with Crippen LogP contribution in [0.5, 0.6) is 0 Å². The smallest absolute Gasteiger partial charge is 0.134 e. The molecule has 0 aliphatic heterocycles. The van der Waals surface area contributed by atoms with Gasteiger partial charge in [-0.1, -0.05) is 68.0 Å². The number of unbranched alkanes of at least 4 members (excludes halogenated alkanes) is 2. The average molecular weight is 453 g/mol. The monoisotopic (exact) mass is 452 g/mol. The molecule has 0 aromatic heterocycles. The van der Waals surface area contributed by atoms with Gasteiger partial charge in [-0.15, -0.1) is 6.58 Å². The van der Waals surface area contributed by atoms with E-state index < -0.39 is 0 Å². The highest BCUT2D eigenvalue weighted by Crippen LogP contribution is 2.39. The van der Waals surface area contributed by atoms with Crippen LogP contribution < -0.4 is 0 Å². The third-order valence-corrected chi connectivity index (χ3v) is 7.42. The Morgan fingerprint density at radius 3 is 2.38 bits per heavy atom. The SMILES string of the molecule is C=CCCC1CCC(c2ccc3cc(C#Cc4ccc(CCCCC)cc4)ccc3c2F)CC1.